The summed E-state index contributed by atoms with van der Waals surface area (Å²) in [6, 6.07) is 9.04. The number of hydrogen-bond acceptors (Lipinski definition) is 4. The van der Waals surface area contributed by atoms with Gasteiger partial charge in [-0.15, -0.1) is 0 Å². The zero-order chi connectivity index (χ0) is 19.3. The quantitative estimate of drug-likeness (QED) is 0.717. The highest BCUT2D eigenvalue weighted by atomic mass is 35.5. The predicted octanol–water partition coefficient (Wildman–Crippen LogP) is 3.83. The van der Waals surface area contributed by atoms with Gasteiger partial charge in [0.1, 0.15) is 5.75 Å². The van der Waals surface area contributed by atoms with Gasteiger partial charge < -0.3 is 10.1 Å². The largest absolute Gasteiger partial charge is 0.495 e. The van der Waals surface area contributed by atoms with Gasteiger partial charge in [-0.1, -0.05) is 36.2 Å². The predicted molar refractivity (Wildman–Crippen MR) is 102 cm³/mol. The van der Waals surface area contributed by atoms with Crippen LogP contribution in [0.25, 0.3) is 0 Å². The van der Waals surface area contributed by atoms with E-state index in [0.717, 1.165) is 0 Å². The van der Waals surface area contributed by atoms with Gasteiger partial charge >= 0.3 is 0 Å². The van der Waals surface area contributed by atoms with E-state index in [2.05, 4.69) is 10.0 Å². The molecule has 0 aliphatic carbocycles. The van der Waals surface area contributed by atoms with Crippen LogP contribution in [0.5, 0.6) is 5.75 Å². The lowest BCUT2D eigenvalue weighted by Crippen LogP contribution is -2.23. The van der Waals surface area contributed by atoms with Crippen LogP contribution in [0.2, 0.25) is 10.0 Å². The molecule has 140 valence electrons. The monoisotopic (exact) mass is 416 g/mol. The number of hydrogen-bond donors (Lipinski definition) is 2. The van der Waals surface area contributed by atoms with Gasteiger partial charge in [0.15, 0.2) is 0 Å². The summed E-state index contributed by atoms with van der Waals surface area (Å²) in [5.41, 5.74) is 0.874. The molecule has 0 unspecified atom stereocenters. The average molecular weight is 417 g/mol. The molecule has 0 bridgehead atoms. The van der Waals surface area contributed by atoms with Crippen molar-refractivity contribution in [2.24, 2.45) is 0 Å². The van der Waals surface area contributed by atoms with Crippen LogP contribution in [0, 0.1) is 0 Å². The molecular weight excluding hydrogens is 399 g/mol. The van der Waals surface area contributed by atoms with E-state index >= 15 is 0 Å². The molecule has 26 heavy (non-hydrogen) atoms. The zero-order valence-corrected chi connectivity index (χ0v) is 16.5. The van der Waals surface area contributed by atoms with Gasteiger partial charge in [-0.3, -0.25) is 4.79 Å². The average Bonchev–Trinajstić information content (AvgIpc) is 2.60. The lowest BCUT2D eigenvalue weighted by atomic mass is 10.2. The summed E-state index contributed by atoms with van der Waals surface area (Å²) in [6.45, 7) is 1.70. The minimum atomic E-state index is -3.82. The van der Waals surface area contributed by atoms with Crippen LogP contribution in [0.1, 0.15) is 18.9 Å². The molecule has 0 saturated carbocycles. The van der Waals surface area contributed by atoms with Crippen LogP contribution in [0.4, 0.5) is 5.69 Å². The minimum absolute atomic E-state index is 0.00101. The van der Waals surface area contributed by atoms with E-state index in [1.807, 2.05) is 0 Å². The maximum Gasteiger partial charge on any atom is 0.240 e. The summed E-state index contributed by atoms with van der Waals surface area (Å²) in [4.78, 5) is 11.6. The molecule has 0 aromatic heterocycles. The van der Waals surface area contributed by atoms with Crippen molar-refractivity contribution in [2.75, 3.05) is 12.4 Å². The number of rotatable bonds is 7. The molecule has 0 heterocycles. The molecule has 0 atom stereocenters. The van der Waals surface area contributed by atoms with Crippen LogP contribution in [0.3, 0.4) is 0 Å². The van der Waals surface area contributed by atoms with E-state index < -0.39 is 10.0 Å². The Morgan fingerprint density at radius 1 is 1.15 bits per heavy atom. The number of carbonyl (C=O) groups excluding carboxylic acids is 1. The fourth-order valence-corrected chi connectivity index (χ4v) is 3.62. The third-order valence-corrected chi connectivity index (χ3v) is 5.53. The van der Waals surface area contributed by atoms with Crippen LogP contribution in [-0.2, 0) is 21.4 Å². The SMILES string of the molecule is CCC(=O)Nc1cc(S(=O)(=O)NCc2ccc(Cl)cc2Cl)ccc1OC. The summed E-state index contributed by atoms with van der Waals surface area (Å²) in [6.07, 6.45) is 0.257. The minimum Gasteiger partial charge on any atom is -0.495 e. The van der Waals surface area contributed by atoms with Gasteiger partial charge in [-0.05, 0) is 35.9 Å². The molecule has 0 aliphatic heterocycles. The number of ether oxygens (including phenoxy) is 1. The molecule has 9 heteroatoms. The van der Waals surface area contributed by atoms with Crippen molar-refractivity contribution in [2.45, 2.75) is 24.8 Å². The summed E-state index contributed by atoms with van der Waals surface area (Å²) in [7, 11) is -2.39. The van der Waals surface area contributed by atoms with Crippen molar-refractivity contribution in [3.63, 3.8) is 0 Å². The topological polar surface area (TPSA) is 84.5 Å². The normalized spacial score (nSPS) is 11.2. The first-order valence-corrected chi connectivity index (χ1v) is 9.92. The maximum atomic E-state index is 12.6. The van der Waals surface area contributed by atoms with Gasteiger partial charge in [0.2, 0.25) is 15.9 Å². The van der Waals surface area contributed by atoms with Gasteiger partial charge in [0, 0.05) is 23.0 Å². The van der Waals surface area contributed by atoms with Crippen molar-refractivity contribution < 1.29 is 17.9 Å². The molecule has 2 aromatic rings. The molecule has 0 radical (unpaired) electrons. The fraction of sp³-hybridized carbons (Fsp3) is 0.235. The zero-order valence-electron chi connectivity index (χ0n) is 14.2. The number of benzene rings is 2. The Morgan fingerprint density at radius 3 is 2.50 bits per heavy atom. The Bertz CT molecular complexity index is 917. The van der Waals surface area contributed by atoms with Crippen LogP contribution in [-0.4, -0.2) is 21.4 Å². The smallest absolute Gasteiger partial charge is 0.240 e. The van der Waals surface area contributed by atoms with Gasteiger partial charge in [-0.2, -0.15) is 0 Å². The first-order valence-electron chi connectivity index (χ1n) is 7.68. The third kappa shape index (κ3) is 5.11. The standard InChI is InChI=1S/C17H18Cl2N2O4S/c1-3-17(22)21-15-9-13(6-7-16(15)25-2)26(23,24)20-10-11-4-5-12(18)8-14(11)19/h4-9,20H,3,10H2,1-2H3,(H,21,22). The molecule has 0 saturated heterocycles. The Morgan fingerprint density at radius 2 is 1.88 bits per heavy atom. The number of sulfonamides is 1. The number of methoxy groups -OCH3 is 1. The molecule has 2 aromatic carbocycles. The molecule has 0 aliphatic rings. The van der Waals surface area contributed by atoms with Crippen molar-refractivity contribution in [1.29, 1.82) is 0 Å². The first kappa shape index (κ1) is 20.5. The van der Waals surface area contributed by atoms with Crippen LogP contribution in [0.15, 0.2) is 41.3 Å². The number of nitrogens with one attached hydrogen (secondary N) is 2. The third-order valence-electron chi connectivity index (χ3n) is 3.54. The molecular formula is C17H18Cl2N2O4S. The molecule has 0 spiro atoms. The van der Waals surface area contributed by atoms with Crippen LogP contribution < -0.4 is 14.8 Å². The second-order valence-electron chi connectivity index (χ2n) is 5.32. The maximum absolute atomic E-state index is 12.6. The number of anilines is 1. The second kappa shape index (κ2) is 8.73. The Labute approximate surface area is 162 Å². The van der Waals surface area contributed by atoms with Crippen molar-refractivity contribution in [3.8, 4) is 5.75 Å². The number of halogens is 2. The van der Waals surface area contributed by atoms with E-state index in [9.17, 15) is 13.2 Å². The number of amides is 1. The lowest BCUT2D eigenvalue weighted by Gasteiger charge is -2.13. The molecule has 2 N–H and O–H groups in total. The van der Waals surface area contributed by atoms with Gasteiger partial charge in [0.25, 0.3) is 0 Å². The highest BCUT2D eigenvalue weighted by molar-refractivity contribution is 7.89. The van der Waals surface area contributed by atoms with E-state index in [-0.39, 0.29) is 29.5 Å². The number of carbonyl (C=O) groups is 1. The summed E-state index contributed by atoms with van der Waals surface area (Å²) in [5.74, 6) is 0.116. The molecule has 2 rings (SSSR count). The Kier molecular flexibility index (Phi) is 6.88. The molecule has 0 fully saturated rings. The van der Waals surface area contributed by atoms with Crippen LogP contribution >= 0.6 is 23.2 Å². The Hall–Kier alpha value is -1.80. The lowest BCUT2D eigenvalue weighted by molar-refractivity contribution is -0.115. The fourth-order valence-electron chi connectivity index (χ4n) is 2.11. The van der Waals surface area contributed by atoms with Gasteiger partial charge in [0.05, 0.1) is 17.7 Å². The van der Waals surface area contributed by atoms with E-state index in [1.165, 1.54) is 25.3 Å². The van der Waals surface area contributed by atoms with Gasteiger partial charge in [-0.25, -0.2) is 13.1 Å². The summed E-state index contributed by atoms with van der Waals surface area (Å²) < 4.78 is 32.7. The van der Waals surface area contributed by atoms with E-state index in [1.54, 1.807) is 25.1 Å². The molecule has 1 amide bonds. The summed E-state index contributed by atoms with van der Waals surface area (Å²) in [5, 5.41) is 3.45. The van der Waals surface area contributed by atoms with Crippen molar-refractivity contribution in [3.05, 3.63) is 52.0 Å². The highest BCUT2D eigenvalue weighted by Gasteiger charge is 2.18. The second-order valence-corrected chi connectivity index (χ2v) is 7.93. The Balaban J connectivity index is 2.24. The van der Waals surface area contributed by atoms with E-state index in [0.29, 0.717) is 21.4 Å². The summed E-state index contributed by atoms with van der Waals surface area (Å²) >= 11 is 11.9. The first-order chi connectivity index (χ1) is 12.3. The van der Waals surface area contributed by atoms with E-state index in [4.69, 9.17) is 27.9 Å². The highest BCUT2D eigenvalue weighted by Crippen LogP contribution is 2.28. The van der Waals surface area contributed by atoms with Crippen molar-refractivity contribution in [1.82, 2.24) is 4.72 Å². The molecule has 6 nitrogen and oxygen atoms in total. The van der Waals surface area contributed by atoms with Crippen molar-refractivity contribution >= 4 is 44.8 Å².